The summed E-state index contributed by atoms with van der Waals surface area (Å²) in [5.74, 6) is -1.88. The molecule has 2 aromatic carbocycles. The van der Waals surface area contributed by atoms with Crippen LogP contribution in [0, 0.1) is 5.92 Å². The average Bonchev–Trinajstić information content (AvgIpc) is 3.18. The van der Waals surface area contributed by atoms with Gasteiger partial charge in [0.1, 0.15) is 12.6 Å². The van der Waals surface area contributed by atoms with Crippen molar-refractivity contribution in [3.05, 3.63) is 59.7 Å². The minimum atomic E-state index is -0.907. The van der Waals surface area contributed by atoms with Crippen molar-refractivity contribution in [2.75, 3.05) is 33.4 Å². The molecule has 1 saturated heterocycles. The van der Waals surface area contributed by atoms with Gasteiger partial charge in [-0.3, -0.25) is 9.59 Å². The maximum atomic E-state index is 13.1. The molecule has 1 unspecified atom stereocenters. The molecule has 0 bridgehead atoms. The number of likely N-dealkylation sites (tertiary alicyclic amines) is 1. The standard InChI is InChI=1S/C26H30N2O6/c1-33-14-12-23(24(29)28-13-6-7-17(15-28)25(30)31)27-26(32)34-16-22-20-10-4-2-8-18(20)19-9-3-5-11-21(19)22/h2-5,8-11,17,22-23H,6-7,12-16H2,1H3,(H,27,32)(H,30,31)/t17-,23?/m0/s1. The second kappa shape index (κ2) is 10.7. The number of fused-ring (bicyclic) bond motifs is 3. The van der Waals surface area contributed by atoms with Crippen LogP contribution in [-0.2, 0) is 19.1 Å². The third-order valence-corrected chi connectivity index (χ3v) is 6.63. The van der Waals surface area contributed by atoms with Crippen molar-refractivity contribution in [2.45, 2.75) is 31.2 Å². The molecular formula is C26H30N2O6. The van der Waals surface area contributed by atoms with Crippen LogP contribution in [0.4, 0.5) is 4.79 Å². The Hall–Kier alpha value is -3.39. The van der Waals surface area contributed by atoms with Gasteiger partial charge in [0.05, 0.1) is 5.92 Å². The largest absolute Gasteiger partial charge is 0.481 e. The second-order valence-corrected chi connectivity index (χ2v) is 8.77. The number of aliphatic carboxylic acids is 1. The summed E-state index contributed by atoms with van der Waals surface area (Å²) in [6.07, 6.45) is 0.753. The number of carboxylic acids is 1. The number of benzene rings is 2. The molecule has 2 aromatic rings. The maximum Gasteiger partial charge on any atom is 0.407 e. The van der Waals surface area contributed by atoms with Crippen molar-refractivity contribution >= 4 is 18.0 Å². The van der Waals surface area contributed by atoms with Gasteiger partial charge in [-0.1, -0.05) is 48.5 Å². The molecule has 2 N–H and O–H groups in total. The van der Waals surface area contributed by atoms with E-state index >= 15 is 0 Å². The molecule has 2 aliphatic rings. The van der Waals surface area contributed by atoms with E-state index in [-0.39, 0.29) is 38.0 Å². The number of ether oxygens (including phenoxy) is 2. The normalized spacial score (nSPS) is 18.0. The number of nitrogens with zero attached hydrogens (tertiary/aromatic N) is 1. The van der Waals surface area contributed by atoms with Crippen LogP contribution < -0.4 is 5.32 Å². The number of methoxy groups -OCH3 is 1. The van der Waals surface area contributed by atoms with Gasteiger partial charge >= 0.3 is 12.1 Å². The highest BCUT2D eigenvalue weighted by atomic mass is 16.5. The third-order valence-electron chi connectivity index (χ3n) is 6.63. The van der Waals surface area contributed by atoms with Crippen LogP contribution in [0.5, 0.6) is 0 Å². The predicted molar refractivity (Wildman–Crippen MR) is 125 cm³/mol. The zero-order valence-electron chi connectivity index (χ0n) is 19.2. The van der Waals surface area contributed by atoms with Crippen molar-refractivity contribution in [3.63, 3.8) is 0 Å². The van der Waals surface area contributed by atoms with E-state index in [9.17, 15) is 19.5 Å². The minimum absolute atomic E-state index is 0.0790. The quantitative estimate of drug-likeness (QED) is 0.619. The number of amides is 2. The Balaban J connectivity index is 1.41. The SMILES string of the molecule is COCCC(NC(=O)OCC1c2ccccc2-c2ccccc21)C(=O)N1CCC[C@H](C(=O)O)C1. The lowest BCUT2D eigenvalue weighted by atomic mass is 9.97. The third kappa shape index (κ3) is 5.07. The van der Waals surface area contributed by atoms with Crippen molar-refractivity contribution in [1.29, 1.82) is 0 Å². The molecule has 8 nitrogen and oxygen atoms in total. The van der Waals surface area contributed by atoms with Crippen molar-refractivity contribution in [2.24, 2.45) is 5.92 Å². The van der Waals surface area contributed by atoms with E-state index in [1.807, 2.05) is 36.4 Å². The van der Waals surface area contributed by atoms with Crippen molar-refractivity contribution < 1.29 is 29.0 Å². The summed E-state index contributed by atoms with van der Waals surface area (Å²) in [4.78, 5) is 38.7. The van der Waals surface area contributed by atoms with Crippen LogP contribution in [0.2, 0.25) is 0 Å². The molecule has 0 radical (unpaired) electrons. The Morgan fingerprint density at radius 1 is 1.09 bits per heavy atom. The van der Waals surface area contributed by atoms with Gasteiger partial charge in [-0.25, -0.2) is 4.79 Å². The molecule has 0 spiro atoms. The van der Waals surface area contributed by atoms with Gasteiger partial charge in [0.25, 0.3) is 0 Å². The first-order valence-corrected chi connectivity index (χ1v) is 11.6. The highest BCUT2D eigenvalue weighted by Crippen LogP contribution is 2.44. The second-order valence-electron chi connectivity index (χ2n) is 8.77. The van der Waals surface area contributed by atoms with E-state index in [0.29, 0.717) is 19.4 Å². The molecule has 1 aliphatic heterocycles. The lowest BCUT2D eigenvalue weighted by Crippen LogP contribution is -2.52. The highest BCUT2D eigenvalue weighted by Gasteiger charge is 2.33. The fraction of sp³-hybridized carbons (Fsp3) is 0.423. The molecule has 0 saturated carbocycles. The number of rotatable bonds is 8. The van der Waals surface area contributed by atoms with E-state index in [1.165, 1.54) is 12.0 Å². The first-order valence-electron chi connectivity index (χ1n) is 11.6. The summed E-state index contributed by atoms with van der Waals surface area (Å²) in [7, 11) is 1.52. The van der Waals surface area contributed by atoms with E-state index < -0.39 is 24.0 Å². The fourth-order valence-corrected chi connectivity index (χ4v) is 4.87. The number of alkyl carbamates (subject to hydrolysis) is 1. The summed E-state index contributed by atoms with van der Waals surface area (Å²) in [6, 6.07) is 15.3. The van der Waals surface area contributed by atoms with Gasteiger partial charge in [-0.15, -0.1) is 0 Å². The van der Waals surface area contributed by atoms with Gasteiger partial charge in [0.2, 0.25) is 5.91 Å². The maximum absolute atomic E-state index is 13.1. The van der Waals surface area contributed by atoms with Gasteiger partial charge in [0.15, 0.2) is 0 Å². The first kappa shape index (κ1) is 23.8. The number of carbonyl (C=O) groups is 3. The van der Waals surface area contributed by atoms with E-state index in [2.05, 4.69) is 17.4 Å². The topological polar surface area (TPSA) is 105 Å². The number of carbonyl (C=O) groups excluding carboxylic acids is 2. The molecule has 0 aromatic heterocycles. The smallest absolute Gasteiger partial charge is 0.407 e. The van der Waals surface area contributed by atoms with Gasteiger partial charge in [-0.05, 0) is 35.1 Å². The van der Waals surface area contributed by atoms with Crippen LogP contribution >= 0.6 is 0 Å². The van der Waals surface area contributed by atoms with Crippen LogP contribution in [0.15, 0.2) is 48.5 Å². The van der Waals surface area contributed by atoms with E-state index in [0.717, 1.165) is 22.3 Å². The summed E-state index contributed by atoms with van der Waals surface area (Å²) in [6.45, 7) is 1.04. The summed E-state index contributed by atoms with van der Waals surface area (Å²) in [5, 5.41) is 12.0. The van der Waals surface area contributed by atoms with Crippen LogP contribution in [0.1, 0.15) is 36.3 Å². The molecular weight excluding hydrogens is 436 g/mol. The predicted octanol–water partition coefficient (Wildman–Crippen LogP) is 3.25. The molecule has 1 aliphatic carbocycles. The molecule has 1 fully saturated rings. The number of hydrogen-bond acceptors (Lipinski definition) is 5. The van der Waals surface area contributed by atoms with Gasteiger partial charge in [0, 0.05) is 39.1 Å². The van der Waals surface area contributed by atoms with E-state index in [4.69, 9.17) is 9.47 Å². The molecule has 4 rings (SSSR count). The van der Waals surface area contributed by atoms with Gasteiger partial charge < -0.3 is 24.8 Å². The Kier molecular flexibility index (Phi) is 7.47. The number of carboxylic acid groups (broad SMARTS) is 1. The van der Waals surface area contributed by atoms with Crippen LogP contribution in [0.25, 0.3) is 11.1 Å². The lowest BCUT2D eigenvalue weighted by molar-refractivity contribution is -0.146. The lowest BCUT2D eigenvalue weighted by Gasteiger charge is -2.33. The summed E-state index contributed by atoms with van der Waals surface area (Å²) >= 11 is 0. The zero-order valence-corrected chi connectivity index (χ0v) is 19.2. The fourth-order valence-electron chi connectivity index (χ4n) is 4.87. The molecule has 8 heteroatoms. The van der Waals surface area contributed by atoms with E-state index in [1.54, 1.807) is 0 Å². The molecule has 180 valence electrons. The first-order chi connectivity index (χ1) is 16.5. The minimum Gasteiger partial charge on any atom is -0.481 e. The summed E-state index contributed by atoms with van der Waals surface area (Å²) in [5.41, 5.74) is 4.49. The summed E-state index contributed by atoms with van der Waals surface area (Å²) < 4.78 is 10.7. The zero-order chi connectivity index (χ0) is 24.1. The number of hydrogen-bond donors (Lipinski definition) is 2. The van der Waals surface area contributed by atoms with Crippen molar-refractivity contribution in [3.8, 4) is 11.1 Å². The van der Waals surface area contributed by atoms with Crippen LogP contribution in [-0.4, -0.2) is 67.4 Å². The Labute approximate surface area is 198 Å². The van der Waals surface area contributed by atoms with Gasteiger partial charge in [-0.2, -0.15) is 0 Å². The van der Waals surface area contributed by atoms with Crippen molar-refractivity contribution in [1.82, 2.24) is 10.2 Å². The Bertz CT molecular complexity index is 1010. The highest BCUT2D eigenvalue weighted by molar-refractivity contribution is 5.86. The number of nitrogens with one attached hydrogen (secondary N) is 1. The number of piperidine rings is 1. The van der Waals surface area contributed by atoms with Crippen LogP contribution in [0.3, 0.4) is 0 Å². The Morgan fingerprint density at radius 3 is 2.35 bits per heavy atom. The molecule has 1 heterocycles. The molecule has 2 atom stereocenters. The molecule has 34 heavy (non-hydrogen) atoms. The molecule has 2 amide bonds. The Morgan fingerprint density at radius 2 is 1.74 bits per heavy atom. The monoisotopic (exact) mass is 466 g/mol. The average molecular weight is 467 g/mol.